The summed E-state index contributed by atoms with van der Waals surface area (Å²) in [6, 6.07) is 13.9. The van der Waals surface area contributed by atoms with Crippen LogP contribution in [0.4, 0.5) is 22.7 Å². The van der Waals surface area contributed by atoms with Crippen LogP contribution in [0.15, 0.2) is 42.5 Å². The average Bonchev–Trinajstić information content (AvgIpc) is 2.42. The van der Waals surface area contributed by atoms with Gasteiger partial charge in [0.2, 0.25) is 0 Å². The number of hydrogen-bond donors (Lipinski definition) is 2. The second-order valence-electron chi connectivity index (χ2n) is 5.46. The number of rotatable bonds is 5. The molecule has 4 nitrogen and oxygen atoms in total. The van der Waals surface area contributed by atoms with Crippen LogP contribution >= 0.6 is 0 Å². The molecule has 4 heteroatoms. The lowest BCUT2D eigenvalue weighted by molar-refractivity contribution is 0.244. The molecular formula is C17H23N3O. The lowest BCUT2D eigenvalue weighted by Crippen LogP contribution is -2.11. The average molecular weight is 285 g/mol. The fourth-order valence-electron chi connectivity index (χ4n) is 2.09. The van der Waals surface area contributed by atoms with Gasteiger partial charge in [-0.1, -0.05) is 12.1 Å². The maximum absolute atomic E-state index is 5.95. The molecular weight excluding hydrogens is 262 g/mol. The van der Waals surface area contributed by atoms with Crippen LogP contribution < -0.4 is 20.7 Å². The first-order valence-corrected chi connectivity index (χ1v) is 7.07. The van der Waals surface area contributed by atoms with Gasteiger partial charge in [-0.3, -0.25) is 0 Å². The molecule has 0 aliphatic carbocycles. The molecule has 0 saturated carbocycles. The topological polar surface area (TPSA) is 50.5 Å². The molecule has 21 heavy (non-hydrogen) atoms. The molecule has 0 fully saturated rings. The Bertz CT molecular complexity index is 609. The van der Waals surface area contributed by atoms with Crippen LogP contribution in [0.2, 0.25) is 0 Å². The fourth-order valence-corrected chi connectivity index (χ4v) is 2.09. The van der Waals surface area contributed by atoms with Crippen molar-refractivity contribution < 1.29 is 4.74 Å². The second-order valence-corrected chi connectivity index (χ2v) is 5.46. The van der Waals surface area contributed by atoms with E-state index in [-0.39, 0.29) is 6.10 Å². The molecule has 0 bridgehead atoms. The van der Waals surface area contributed by atoms with Crippen LogP contribution in [0.1, 0.15) is 13.8 Å². The van der Waals surface area contributed by atoms with Crippen molar-refractivity contribution in [2.45, 2.75) is 20.0 Å². The number of nitrogens with one attached hydrogen (secondary N) is 1. The Labute approximate surface area is 126 Å². The van der Waals surface area contributed by atoms with E-state index in [0.29, 0.717) is 11.4 Å². The SMILES string of the molecule is CC(C)Oc1cc(Nc2ccccc2N(C)C)ccc1N. The number of benzene rings is 2. The molecule has 0 aliphatic rings. The Kier molecular flexibility index (Phi) is 4.58. The molecule has 0 spiro atoms. The van der Waals surface area contributed by atoms with Crippen molar-refractivity contribution in [3.8, 4) is 5.75 Å². The van der Waals surface area contributed by atoms with Crippen LogP contribution in [0.5, 0.6) is 5.75 Å². The van der Waals surface area contributed by atoms with Crippen molar-refractivity contribution in [2.24, 2.45) is 0 Å². The van der Waals surface area contributed by atoms with Gasteiger partial charge in [-0.05, 0) is 38.1 Å². The summed E-state index contributed by atoms with van der Waals surface area (Å²) in [5, 5.41) is 3.42. The summed E-state index contributed by atoms with van der Waals surface area (Å²) in [5.74, 6) is 0.706. The van der Waals surface area contributed by atoms with Crippen LogP contribution in [0, 0.1) is 0 Å². The summed E-state index contributed by atoms with van der Waals surface area (Å²) in [7, 11) is 4.05. The molecule has 112 valence electrons. The highest BCUT2D eigenvalue weighted by Gasteiger charge is 2.07. The first-order valence-electron chi connectivity index (χ1n) is 7.07. The van der Waals surface area contributed by atoms with E-state index in [1.54, 1.807) is 0 Å². The van der Waals surface area contributed by atoms with Gasteiger partial charge in [0.1, 0.15) is 5.75 Å². The van der Waals surface area contributed by atoms with Crippen molar-refractivity contribution in [3.05, 3.63) is 42.5 Å². The summed E-state index contributed by atoms with van der Waals surface area (Å²) >= 11 is 0. The second kappa shape index (κ2) is 6.39. The quantitative estimate of drug-likeness (QED) is 0.819. The summed E-state index contributed by atoms with van der Waals surface area (Å²) in [6.45, 7) is 3.97. The van der Waals surface area contributed by atoms with Crippen LogP contribution in [0.25, 0.3) is 0 Å². The van der Waals surface area contributed by atoms with E-state index in [9.17, 15) is 0 Å². The van der Waals surface area contributed by atoms with Crippen LogP contribution in [-0.2, 0) is 0 Å². The van der Waals surface area contributed by atoms with Crippen molar-refractivity contribution in [2.75, 3.05) is 30.0 Å². The van der Waals surface area contributed by atoms with Crippen LogP contribution in [0.3, 0.4) is 0 Å². The Morgan fingerprint density at radius 2 is 1.81 bits per heavy atom. The number of nitrogen functional groups attached to an aromatic ring is 1. The van der Waals surface area contributed by atoms with E-state index in [1.165, 1.54) is 0 Å². The lowest BCUT2D eigenvalue weighted by Gasteiger charge is -2.19. The fraction of sp³-hybridized carbons (Fsp3) is 0.294. The maximum atomic E-state index is 5.95. The van der Waals surface area contributed by atoms with E-state index >= 15 is 0 Å². The molecule has 3 N–H and O–H groups in total. The Morgan fingerprint density at radius 3 is 2.48 bits per heavy atom. The molecule has 0 saturated heterocycles. The van der Waals surface area contributed by atoms with Gasteiger partial charge in [0.15, 0.2) is 0 Å². The van der Waals surface area contributed by atoms with Gasteiger partial charge in [0, 0.05) is 25.8 Å². The molecule has 0 amide bonds. The Morgan fingerprint density at radius 1 is 1.10 bits per heavy atom. The number of nitrogens with zero attached hydrogens (tertiary/aromatic N) is 1. The molecule has 2 rings (SSSR count). The number of para-hydroxylation sites is 2. The van der Waals surface area contributed by atoms with E-state index in [4.69, 9.17) is 10.5 Å². The van der Waals surface area contributed by atoms with E-state index in [0.717, 1.165) is 17.1 Å². The van der Waals surface area contributed by atoms with Gasteiger partial charge in [-0.15, -0.1) is 0 Å². The monoisotopic (exact) mass is 285 g/mol. The highest BCUT2D eigenvalue weighted by Crippen LogP contribution is 2.31. The zero-order valence-corrected chi connectivity index (χ0v) is 13.1. The van der Waals surface area contributed by atoms with Crippen molar-refractivity contribution in [1.82, 2.24) is 0 Å². The van der Waals surface area contributed by atoms with Gasteiger partial charge in [-0.25, -0.2) is 0 Å². The minimum Gasteiger partial charge on any atom is -0.489 e. The Hall–Kier alpha value is -2.36. The highest BCUT2D eigenvalue weighted by molar-refractivity contribution is 5.76. The van der Waals surface area contributed by atoms with Gasteiger partial charge >= 0.3 is 0 Å². The number of hydrogen-bond acceptors (Lipinski definition) is 4. The normalized spacial score (nSPS) is 10.5. The van der Waals surface area contributed by atoms with Gasteiger partial charge < -0.3 is 20.7 Å². The molecule has 0 heterocycles. The van der Waals surface area contributed by atoms with E-state index in [1.807, 2.05) is 58.3 Å². The van der Waals surface area contributed by atoms with Gasteiger partial charge in [0.25, 0.3) is 0 Å². The minimum atomic E-state index is 0.0941. The molecule has 0 radical (unpaired) electrons. The largest absolute Gasteiger partial charge is 0.489 e. The summed E-state index contributed by atoms with van der Waals surface area (Å²) in [4.78, 5) is 2.07. The summed E-state index contributed by atoms with van der Waals surface area (Å²) in [6.07, 6.45) is 0.0941. The molecule has 2 aromatic rings. The zero-order valence-electron chi connectivity index (χ0n) is 13.1. The summed E-state index contributed by atoms with van der Waals surface area (Å²) in [5.41, 5.74) is 9.72. The molecule has 2 aromatic carbocycles. The van der Waals surface area contributed by atoms with Crippen LogP contribution in [-0.4, -0.2) is 20.2 Å². The third-order valence-electron chi connectivity index (χ3n) is 3.04. The van der Waals surface area contributed by atoms with Crippen molar-refractivity contribution >= 4 is 22.7 Å². The summed E-state index contributed by atoms with van der Waals surface area (Å²) < 4.78 is 5.73. The van der Waals surface area contributed by atoms with E-state index < -0.39 is 0 Å². The lowest BCUT2D eigenvalue weighted by atomic mass is 10.2. The first-order chi connectivity index (χ1) is 9.97. The van der Waals surface area contributed by atoms with Crippen molar-refractivity contribution in [3.63, 3.8) is 0 Å². The third-order valence-corrected chi connectivity index (χ3v) is 3.04. The van der Waals surface area contributed by atoms with Gasteiger partial charge in [-0.2, -0.15) is 0 Å². The Balaban J connectivity index is 2.28. The first kappa shape index (κ1) is 15.0. The van der Waals surface area contributed by atoms with E-state index in [2.05, 4.69) is 22.3 Å². The predicted octanol–water partition coefficient (Wildman–Crippen LogP) is 3.87. The smallest absolute Gasteiger partial charge is 0.144 e. The third kappa shape index (κ3) is 3.81. The number of anilines is 4. The standard InChI is InChI=1S/C17H23N3O/c1-12(2)21-17-11-13(9-10-14(17)18)19-15-7-5-6-8-16(15)20(3)4/h5-12,19H,18H2,1-4H3. The predicted molar refractivity (Wildman–Crippen MR) is 90.7 cm³/mol. The number of nitrogens with two attached hydrogens (primary N) is 1. The van der Waals surface area contributed by atoms with Crippen molar-refractivity contribution in [1.29, 1.82) is 0 Å². The molecule has 0 aliphatic heterocycles. The zero-order chi connectivity index (χ0) is 15.4. The van der Waals surface area contributed by atoms with Gasteiger partial charge in [0.05, 0.1) is 23.2 Å². The molecule has 0 aromatic heterocycles. The molecule has 0 atom stereocenters. The maximum Gasteiger partial charge on any atom is 0.144 e. The molecule has 0 unspecified atom stereocenters. The number of ether oxygens (including phenoxy) is 1. The highest BCUT2D eigenvalue weighted by atomic mass is 16.5. The minimum absolute atomic E-state index is 0.0941.